The lowest BCUT2D eigenvalue weighted by molar-refractivity contribution is -0.137. The second-order valence-electron chi connectivity index (χ2n) is 7.76. The van der Waals surface area contributed by atoms with Crippen molar-refractivity contribution >= 4 is 29.7 Å². The second kappa shape index (κ2) is 11.5. The van der Waals surface area contributed by atoms with Gasteiger partial charge in [-0.05, 0) is 42.7 Å². The lowest BCUT2D eigenvalue weighted by Gasteiger charge is -2.32. The molecule has 33 heavy (non-hydrogen) atoms. The Balaban J connectivity index is 1.64. The van der Waals surface area contributed by atoms with Crippen LogP contribution < -0.4 is 16.1 Å². The van der Waals surface area contributed by atoms with Gasteiger partial charge in [0.25, 0.3) is 0 Å². The number of aliphatic carboxylic acids is 1. The normalized spacial score (nSPS) is 16.7. The van der Waals surface area contributed by atoms with Gasteiger partial charge in [-0.15, -0.1) is 0 Å². The predicted octanol–water partition coefficient (Wildman–Crippen LogP) is 2.12. The lowest BCUT2D eigenvalue weighted by atomic mass is 9.92. The quantitative estimate of drug-likeness (QED) is 0.260. The number of carboxylic acids is 1. The number of carbonyl (C=O) groups is 3. The molecule has 1 saturated heterocycles. The van der Waals surface area contributed by atoms with E-state index < -0.39 is 23.8 Å². The zero-order valence-electron chi connectivity index (χ0n) is 18.1. The van der Waals surface area contributed by atoms with E-state index in [1.807, 2.05) is 42.5 Å². The molecule has 0 spiro atoms. The van der Waals surface area contributed by atoms with E-state index >= 15 is 0 Å². The standard InChI is InChI=1S/C25H26N4O4/c26-27-17-19-9-12-22(13-10-19)29-14-4-7-20(25(29)33)15-23(30)28-21(16-24(31)32)11-8-18-5-2-1-3-6-18/h1-3,5-6,9-10,12-13,17,20-21H,4,7,14-16,26H2,(H,28,30)(H,31,32). The number of rotatable bonds is 7. The fourth-order valence-corrected chi connectivity index (χ4v) is 3.70. The Hall–Kier alpha value is -4.12. The molecule has 4 N–H and O–H groups in total. The molecular weight excluding hydrogens is 420 g/mol. The van der Waals surface area contributed by atoms with Crippen LogP contribution in [0.25, 0.3) is 0 Å². The van der Waals surface area contributed by atoms with Gasteiger partial charge < -0.3 is 21.2 Å². The SMILES string of the molecule is NN=Cc1ccc(N2CCCC(CC(=O)NC(C#Cc3ccccc3)CC(=O)O)C2=O)cc1. The van der Waals surface area contributed by atoms with Crippen molar-refractivity contribution in [3.8, 4) is 11.8 Å². The van der Waals surface area contributed by atoms with Gasteiger partial charge in [0.1, 0.15) is 6.04 Å². The zero-order chi connectivity index (χ0) is 23.6. The number of nitrogens with two attached hydrogens (primary N) is 1. The predicted molar refractivity (Wildman–Crippen MR) is 125 cm³/mol. The first kappa shape index (κ1) is 23.5. The molecule has 2 unspecified atom stereocenters. The molecule has 3 rings (SSSR count). The van der Waals surface area contributed by atoms with E-state index in [2.05, 4.69) is 22.3 Å². The van der Waals surface area contributed by atoms with E-state index in [-0.39, 0.29) is 18.7 Å². The Bertz CT molecular complexity index is 1070. The third kappa shape index (κ3) is 6.94. The third-order valence-electron chi connectivity index (χ3n) is 5.29. The van der Waals surface area contributed by atoms with Crippen LogP contribution in [0.3, 0.4) is 0 Å². The Kier molecular flexibility index (Phi) is 8.19. The van der Waals surface area contributed by atoms with E-state index in [0.717, 1.165) is 23.2 Å². The van der Waals surface area contributed by atoms with Gasteiger partial charge in [0.2, 0.25) is 11.8 Å². The largest absolute Gasteiger partial charge is 0.481 e. The van der Waals surface area contributed by atoms with Crippen molar-refractivity contribution in [3.05, 3.63) is 65.7 Å². The van der Waals surface area contributed by atoms with Crippen LogP contribution in [0.4, 0.5) is 5.69 Å². The fraction of sp³-hybridized carbons (Fsp3) is 0.280. The highest BCUT2D eigenvalue weighted by Crippen LogP contribution is 2.26. The summed E-state index contributed by atoms with van der Waals surface area (Å²) in [5.74, 6) is 8.82. The lowest BCUT2D eigenvalue weighted by Crippen LogP contribution is -2.44. The van der Waals surface area contributed by atoms with Crippen LogP contribution in [-0.4, -0.2) is 41.7 Å². The van der Waals surface area contributed by atoms with Crippen LogP contribution in [0, 0.1) is 17.8 Å². The summed E-state index contributed by atoms with van der Waals surface area (Å²) < 4.78 is 0. The van der Waals surface area contributed by atoms with E-state index in [1.165, 1.54) is 6.21 Å². The first-order valence-electron chi connectivity index (χ1n) is 10.7. The molecule has 8 nitrogen and oxygen atoms in total. The summed E-state index contributed by atoms with van der Waals surface area (Å²) in [6.07, 6.45) is 2.54. The molecule has 0 radical (unpaired) electrons. The Labute approximate surface area is 192 Å². The average molecular weight is 447 g/mol. The average Bonchev–Trinajstić information content (AvgIpc) is 2.80. The molecule has 0 saturated carbocycles. The van der Waals surface area contributed by atoms with Crippen LogP contribution >= 0.6 is 0 Å². The molecular formula is C25H26N4O4. The summed E-state index contributed by atoms with van der Waals surface area (Å²) in [7, 11) is 0. The second-order valence-corrected chi connectivity index (χ2v) is 7.76. The number of anilines is 1. The Morgan fingerprint density at radius 1 is 1.21 bits per heavy atom. The van der Waals surface area contributed by atoms with Gasteiger partial charge in [-0.25, -0.2) is 0 Å². The maximum Gasteiger partial charge on any atom is 0.306 e. The van der Waals surface area contributed by atoms with Gasteiger partial charge in [-0.2, -0.15) is 5.10 Å². The maximum absolute atomic E-state index is 13.0. The first-order valence-corrected chi connectivity index (χ1v) is 10.7. The van der Waals surface area contributed by atoms with E-state index in [9.17, 15) is 19.5 Å². The van der Waals surface area contributed by atoms with Crippen LogP contribution in [0.1, 0.15) is 36.8 Å². The molecule has 1 heterocycles. The smallest absolute Gasteiger partial charge is 0.306 e. The highest BCUT2D eigenvalue weighted by atomic mass is 16.4. The molecule has 170 valence electrons. The van der Waals surface area contributed by atoms with Crippen molar-refractivity contribution in [3.63, 3.8) is 0 Å². The van der Waals surface area contributed by atoms with Crippen molar-refractivity contribution in [2.45, 2.75) is 31.7 Å². The van der Waals surface area contributed by atoms with Gasteiger partial charge >= 0.3 is 5.97 Å². The van der Waals surface area contributed by atoms with Gasteiger partial charge in [0, 0.05) is 30.1 Å². The van der Waals surface area contributed by atoms with Crippen molar-refractivity contribution in [2.75, 3.05) is 11.4 Å². The number of carboxylic acid groups (broad SMARTS) is 1. The number of hydrogen-bond donors (Lipinski definition) is 3. The number of carbonyl (C=O) groups excluding carboxylic acids is 2. The van der Waals surface area contributed by atoms with Gasteiger partial charge in [-0.3, -0.25) is 14.4 Å². The van der Waals surface area contributed by atoms with Crippen molar-refractivity contribution < 1.29 is 19.5 Å². The number of piperidine rings is 1. The number of benzene rings is 2. The summed E-state index contributed by atoms with van der Waals surface area (Å²) >= 11 is 0. The minimum absolute atomic E-state index is 0.0175. The molecule has 0 aliphatic carbocycles. The summed E-state index contributed by atoms with van der Waals surface area (Å²) in [6.45, 7) is 0.575. The van der Waals surface area contributed by atoms with Crippen molar-refractivity contribution in [1.29, 1.82) is 0 Å². The van der Waals surface area contributed by atoms with Crippen LogP contribution in [0.15, 0.2) is 59.7 Å². The molecule has 1 fully saturated rings. The summed E-state index contributed by atoms with van der Waals surface area (Å²) in [5.41, 5.74) is 2.29. The Morgan fingerprint density at radius 3 is 2.61 bits per heavy atom. The minimum atomic E-state index is -1.06. The van der Waals surface area contributed by atoms with Crippen molar-refractivity contribution in [1.82, 2.24) is 5.32 Å². The molecule has 1 aliphatic heterocycles. The molecule has 2 aromatic carbocycles. The maximum atomic E-state index is 13.0. The molecule has 2 aromatic rings. The van der Waals surface area contributed by atoms with Gasteiger partial charge in [0.05, 0.1) is 12.6 Å². The highest BCUT2D eigenvalue weighted by molar-refractivity contribution is 5.98. The highest BCUT2D eigenvalue weighted by Gasteiger charge is 2.31. The number of nitrogens with zero attached hydrogens (tertiary/aromatic N) is 2. The summed E-state index contributed by atoms with van der Waals surface area (Å²) in [4.78, 5) is 38.6. The molecule has 1 aliphatic rings. The number of hydrazone groups is 1. The van der Waals surface area contributed by atoms with E-state index in [4.69, 9.17) is 5.84 Å². The molecule has 0 aromatic heterocycles. The molecule has 2 amide bonds. The molecule has 0 bridgehead atoms. The Morgan fingerprint density at radius 2 is 1.94 bits per heavy atom. The van der Waals surface area contributed by atoms with E-state index in [0.29, 0.717) is 13.0 Å². The summed E-state index contributed by atoms with van der Waals surface area (Å²) in [5, 5.41) is 15.3. The molecule has 8 heteroatoms. The number of hydrogen-bond acceptors (Lipinski definition) is 5. The molecule has 2 atom stereocenters. The van der Waals surface area contributed by atoms with Crippen LogP contribution in [0.5, 0.6) is 0 Å². The number of amides is 2. The van der Waals surface area contributed by atoms with Crippen molar-refractivity contribution in [2.24, 2.45) is 16.9 Å². The van der Waals surface area contributed by atoms with Crippen LogP contribution in [0.2, 0.25) is 0 Å². The van der Waals surface area contributed by atoms with Crippen LogP contribution in [-0.2, 0) is 14.4 Å². The first-order chi connectivity index (χ1) is 16.0. The van der Waals surface area contributed by atoms with Gasteiger partial charge in [0.15, 0.2) is 0 Å². The number of nitrogens with one attached hydrogen (secondary N) is 1. The topological polar surface area (TPSA) is 125 Å². The summed E-state index contributed by atoms with van der Waals surface area (Å²) in [6, 6.07) is 15.5. The van der Waals surface area contributed by atoms with E-state index in [1.54, 1.807) is 17.0 Å². The zero-order valence-corrected chi connectivity index (χ0v) is 18.1. The third-order valence-corrected chi connectivity index (χ3v) is 5.29. The fourth-order valence-electron chi connectivity index (χ4n) is 3.70. The minimum Gasteiger partial charge on any atom is -0.481 e. The van der Waals surface area contributed by atoms with Gasteiger partial charge in [-0.1, -0.05) is 42.2 Å². The monoisotopic (exact) mass is 446 g/mol.